The van der Waals surface area contributed by atoms with Gasteiger partial charge in [0.15, 0.2) is 5.69 Å². The second-order valence-corrected chi connectivity index (χ2v) is 10.1. The molecule has 1 aliphatic rings. The van der Waals surface area contributed by atoms with Gasteiger partial charge in [0.05, 0.1) is 22.6 Å². The van der Waals surface area contributed by atoms with E-state index in [1.807, 2.05) is 0 Å². The number of hydrogen-bond donors (Lipinski definition) is 2. The Bertz CT molecular complexity index is 1570. The second kappa shape index (κ2) is 9.99. The molecule has 1 amide bonds. The van der Waals surface area contributed by atoms with E-state index in [9.17, 15) is 18.0 Å². The summed E-state index contributed by atoms with van der Waals surface area (Å²) in [4.78, 5) is 13.5. The smallest absolute Gasteiger partial charge is 0.432 e. The first-order chi connectivity index (χ1) is 18.0. The Kier molecular flexibility index (Phi) is 6.87. The van der Waals surface area contributed by atoms with Gasteiger partial charge >= 0.3 is 6.18 Å². The number of amides is 1. The molecule has 2 aromatic heterocycles. The maximum absolute atomic E-state index is 13.8. The number of hydrogen-bond acceptors (Lipinski definition) is 4. The van der Waals surface area contributed by atoms with Gasteiger partial charge in [-0.1, -0.05) is 29.3 Å². The van der Waals surface area contributed by atoms with Crippen LogP contribution < -0.4 is 11.0 Å². The number of halogens is 5. The third kappa shape index (κ3) is 5.51. The molecule has 5 rings (SSSR count). The van der Waals surface area contributed by atoms with Crippen LogP contribution in [0.3, 0.4) is 0 Å². The first-order valence-corrected chi connectivity index (χ1v) is 12.4. The quantitative estimate of drug-likeness (QED) is 0.280. The molecule has 7 nitrogen and oxygen atoms in total. The Balaban J connectivity index is 1.55. The fraction of sp³-hybridized carbons (Fsp3) is 0.269. The highest BCUT2D eigenvalue weighted by Gasteiger charge is 2.38. The van der Waals surface area contributed by atoms with Crippen LogP contribution in [-0.2, 0) is 19.8 Å². The van der Waals surface area contributed by atoms with E-state index >= 15 is 0 Å². The van der Waals surface area contributed by atoms with Crippen molar-refractivity contribution in [2.24, 2.45) is 13.0 Å². The van der Waals surface area contributed by atoms with E-state index in [2.05, 4.69) is 10.4 Å². The van der Waals surface area contributed by atoms with Crippen molar-refractivity contribution in [3.63, 3.8) is 0 Å². The third-order valence-corrected chi connectivity index (χ3v) is 7.12. The van der Waals surface area contributed by atoms with Crippen LogP contribution >= 0.6 is 23.2 Å². The predicted molar refractivity (Wildman–Crippen MR) is 135 cm³/mol. The standard InChI is InChI=1S/C26H22Cl2F3N5O2/c1-35-13-19(23(34-35)26(29,30)31)17-8-14(12-36-6-7-38-25(36)32)9-18(10-17)24(37)33-22(15-2-3-15)16-4-5-20(27)21(28)11-16/h4-11,13,15,22,32H,2-3,12H2,1H3,(H,33,37)/t22-/m0/s1. The van der Waals surface area contributed by atoms with Crippen molar-refractivity contribution >= 4 is 29.1 Å². The van der Waals surface area contributed by atoms with Crippen LogP contribution in [0.5, 0.6) is 0 Å². The molecular formula is C26H22Cl2F3N5O2. The van der Waals surface area contributed by atoms with Gasteiger partial charge in [-0.15, -0.1) is 0 Å². The molecule has 0 unspecified atom stereocenters. The van der Waals surface area contributed by atoms with E-state index in [4.69, 9.17) is 33.0 Å². The zero-order valence-electron chi connectivity index (χ0n) is 20.0. The molecule has 2 heterocycles. The largest absolute Gasteiger partial charge is 0.435 e. The summed E-state index contributed by atoms with van der Waals surface area (Å²) in [7, 11) is 1.40. The number of oxazole rings is 1. The van der Waals surface area contributed by atoms with Crippen molar-refractivity contribution in [1.82, 2.24) is 19.7 Å². The first-order valence-electron chi connectivity index (χ1n) is 11.7. The van der Waals surface area contributed by atoms with Gasteiger partial charge in [-0.2, -0.15) is 18.3 Å². The number of carbonyl (C=O) groups is 1. The zero-order valence-corrected chi connectivity index (χ0v) is 21.5. The minimum Gasteiger partial charge on any atom is -0.432 e. The number of nitrogens with one attached hydrogen (secondary N) is 2. The highest BCUT2D eigenvalue weighted by atomic mass is 35.5. The van der Waals surface area contributed by atoms with Gasteiger partial charge in [0.25, 0.3) is 11.6 Å². The van der Waals surface area contributed by atoms with E-state index in [0.717, 1.165) is 23.1 Å². The summed E-state index contributed by atoms with van der Waals surface area (Å²) < 4.78 is 48.9. The summed E-state index contributed by atoms with van der Waals surface area (Å²) in [6, 6.07) is 9.42. The van der Waals surface area contributed by atoms with E-state index < -0.39 is 17.8 Å². The molecule has 2 N–H and O–H groups in total. The number of rotatable bonds is 7. The number of aromatic nitrogens is 3. The summed E-state index contributed by atoms with van der Waals surface area (Å²) in [5, 5.41) is 15.3. The SMILES string of the molecule is Cn1cc(-c2cc(Cn3ccoc3=N)cc(C(=O)N[C@H](c3ccc(Cl)c(Cl)c3)C3CC3)c2)c(C(F)(F)F)n1. The summed E-state index contributed by atoms with van der Waals surface area (Å²) in [6.45, 7) is 0.115. The molecule has 4 aromatic rings. The summed E-state index contributed by atoms with van der Waals surface area (Å²) in [6.07, 6.45) is 1.30. The second-order valence-electron chi connectivity index (χ2n) is 9.28. The Morgan fingerprint density at radius 1 is 1.21 bits per heavy atom. The van der Waals surface area contributed by atoms with Crippen LogP contribution in [0.15, 0.2) is 59.5 Å². The lowest BCUT2D eigenvalue weighted by Crippen LogP contribution is -2.30. The van der Waals surface area contributed by atoms with E-state index in [-0.39, 0.29) is 40.9 Å². The average Bonchev–Trinajstić information content (AvgIpc) is 3.50. The van der Waals surface area contributed by atoms with Crippen molar-refractivity contribution < 1.29 is 22.4 Å². The monoisotopic (exact) mass is 563 g/mol. The third-order valence-electron chi connectivity index (χ3n) is 6.38. The fourth-order valence-electron chi connectivity index (χ4n) is 4.44. The van der Waals surface area contributed by atoms with Crippen molar-refractivity contribution in [2.75, 3.05) is 0 Å². The highest BCUT2D eigenvalue weighted by molar-refractivity contribution is 6.42. The molecule has 0 aliphatic heterocycles. The molecule has 38 heavy (non-hydrogen) atoms. The Morgan fingerprint density at radius 2 is 1.97 bits per heavy atom. The lowest BCUT2D eigenvalue weighted by Gasteiger charge is -2.20. The lowest BCUT2D eigenvalue weighted by atomic mass is 9.98. The van der Waals surface area contributed by atoms with Crippen LogP contribution in [0.2, 0.25) is 10.0 Å². The molecule has 0 saturated heterocycles. The zero-order chi connectivity index (χ0) is 27.2. The number of aryl methyl sites for hydroxylation is 1. The molecule has 1 saturated carbocycles. The van der Waals surface area contributed by atoms with Crippen molar-refractivity contribution in [2.45, 2.75) is 31.6 Å². The molecule has 12 heteroatoms. The van der Waals surface area contributed by atoms with E-state index in [1.54, 1.807) is 30.3 Å². The van der Waals surface area contributed by atoms with E-state index in [0.29, 0.717) is 15.6 Å². The molecule has 0 spiro atoms. The molecule has 0 bridgehead atoms. The summed E-state index contributed by atoms with van der Waals surface area (Å²) in [5.41, 5.74) is 0.340. The predicted octanol–water partition coefficient (Wildman–Crippen LogP) is 6.22. The average molecular weight is 564 g/mol. The fourth-order valence-corrected chi connectivity index (χ4v) is 4.74. The van der Waals surface area contributed by atoms with Crippen molar-refractivity contribution in [3.8, 4) is 11.1 Å². The maximum atomic E-state index is 13.8. The van der Waals surface area contributed by atoms with Crippen LogP contribution in [0.25, 0.3) is 11.1 Å². The number of nitrogens with zero attached hydrogens (tertiary/aromatic N) is 3. The Labute approximate surface area is 225 Å². The van der Waals surface area contributed by atoms with Gasteiger partial charge in [0.1, 0.15) is 6.26 Å². The van der Waals surface area contributed by atoms with Gasteiger partial charge in [0, 0.05) is 30.6 Å². The van der Waals surface area contributed by atoms with Crippen LogP contribution in [0.4, 0.5) is 13.2 Å². The van der Waals surface area contributed by atoms with Crippen LogP contribution in [0.1, 0.15) is 46.1 Å². The number of carbonyl (C=O) groups excluding carboxylic acids is 1. The molecule has 1 atom stereocenters. The number of alkyl halides is 3. The van der Waals surface area contributed by atoms with Gasteiger partial charge in [0.2, 0.25) is 0 Å². The molecular weight excluding hydrogens is 542 g/mol. The van der Waals surface area contributed by atoms with Crippen LogP contribution in [0, 0.1) is 11.3 Å². The van der Waals surface area contributed by atoms with E-state index in [1.165, 1.54) is 36.3 Å². The maximum Gasteiger partial charge on any atom is 0.435 e. The van der Waals surface area contributed by atoms with Crippen molar-refractivity contribution in [3.05, 3.63) is 93.2 Å². The number of benzene rings is 2. The van der Waals surface area contributed by atoms with Gasteiger partial charge in [-0.3, -0.25) is 19.5 Å². The van der Waals surface area contributed by atoms with Gasteiger partial charge < -0.3 is 9.73 Å². The molecule has 2 aromatic carbocycles. The molecule has 0 radical (unpaired) electrons. The minimum atomic E-state index is -4.69. The Morgan fingerprint density at radius 3 is 2.61 bits per heavy atom. The summed E-state index contributed by atoms with van der Waals surface area (Å²) in [5.74, 6) is -0.238. The summed E-state index contributed by atoms with van der Waals surface area (Å²) >= 11 is 12.3. The lowest BCUT2D eigenvalue weighted by molar-refractivity contribution is -0.140. The van der Waals surface area contributed by atoms with Crippen LogP contribution in [-0.4, -0.2) is 20.3 Å². The normalized spacial score (nSPS) is 14.5. The molecule has 1 fully saturated rings. The molecule has 198 valence electrons. The Hall–Kier alpha value is -3.50. The van der Waals surface area contributed by atoms with Gasteiger partial charge in [-0.25, -0.2) is 0 Å². The van der Waals surface area contributed by atoms with Gasteiger partial charge in [-0.05, 0) is 65.8 Å². The molecule has 1 aliphatic carbocycles. The first kappa shape index (κ1) is 26.1. The topological polar surface area (TPSA) is 88.8 Å². The van der Waals surface area contributed by atoms with Crippen molar-refractivity contribution in [1.29, 1.82) is 5.41 Å². The highest BCUT2D eigenvalue weighted by Crippen LogP contribution is 2.42. The minimum absolute atomic E-state index is 0.115.